The van der Waals surface area contributed by atoms with Gasteiger partial charge in [-0.2, -0.15) is 0 Å². The molecular formula is C9H16N4. The van der Waals surface area contributed by atoms with E-state index in [0.29, 0.717) is 6.04 Å². The number of nitrogens with two attached hydrogens (primary N) is 1. The lowest BCUT2D eigenvalue weighted by molar-refractivity contribution is 0.477. The van der Waals surface area contributed by atoms with Crippen molar-refractivity contribution in [2.75, 3.05) is 0 Å². The van der Waals surface area contributed by atoms with Crippen molar-refractivity contribution >= 4 is 0 Å². The second-order valence-electron chi connectivity index (χ2n) is 3.96. The molecule has 72 valence electrons. The quantitative estimate of drug-likeness (QED) is 0.706. The third-order valence-electron chi connectivity index (χ3n) is 2.59. The minimum atomic E-state index is 0.108. The van der Waals surface area contributed by atoms with Crippen LogP contribution in [-0.4, -0.2) is 15.0 Å². The fourth-order valence-electron chi connectivity index (χ4n) is 1.90. The van der Waals surface area contributed by atoms with Crippen LogP contribution in [0.3, 0.4) is 0 Å². The second kappa shape index (κ2) is 3.10. The maximum atomic E-state index is 5.94. The molecule has 2 N–H and O–H groups in total. The Morgan fingerprint density at radius 3 is 3.00 bits per heavy atom. The summed E-state index contributed by atoms with van der Waals surface area (Å²) >= 11 is 0. The summed E-state index contributed by atoms with van der Waals surface area (Å²) in [5.74, 6) is 0. The Kier molecular flexibility index (Phi) is 2.07. The van der Waals surface area contributed by atoms with Gasteiger partial charge in [-0.1, -0.05) is 5.21 Å². The molecule has 2 rings (SSSR count). The van der Waals surface area contributed by atoms with Gasteiger partial charge in [0.1, 0.15) is 5.69 Å². The van der Waals surface area contributed by atoms with Gasteiger partial charge in [0.25, 0.3) is 0 Å². The van der Waals surface area contributed by atoms with E-state index in [9.17, 15) is 0 Å². The molecular weight excluding hydrogens is 164 g/mol. The lowest BCUT2D eigenvalue weighted by Gasteiger charge is -2.18. The third-order valence-corrected chi connectivity index (χ3v) is 2.59. The molecule has 1 unspecified atom stereocenters. The van der Waals surface area contributed by atoms with Crippen molar-refractivity contribution in [1.29, 1.82) is 0 Å². The van der Waals surface area contributed by atoms with Crippen molar-refractivity contribution in [2.45, 2.75) is 45.2 Å². The van der Waals surface area contributed by atoms with E-state index in [0.717, 1.165) is 25.0 Å². The molecule has 0 bridgehead atoms. The summed E-state index contributed by atoms with van der Waals surface area (Å²) in [6.45, 7) is 4.24. The first-order valence-electron chi connectivity index (χ1n) is 4.89. The van der Waals surface area contributed by atoms with Crippen molar-refractivity contribution in [3.05, 3.63) is 11.4 Å². The number of aromatic nitrogens is 3. The van der Waals surface area contributed by atoms with E-state index in [1.807, 2.05) is 4.68 Å². The van der Waals surface area contributed by atoms with Gasteiger partial charge in [-0.15, -0.1) is 5.10 Å². The second-order valence-corrected chi connectivity index (χ2v) is 3.96. The van der Waals surface area contributed by atoms with Crippen LogP contribution in [0.4, 0.5) is 0 Å². The Labute approximate surface area is 78.1 Å². The number of hydrogen-bond acceptors (Lipinski definition) is 3. The fraction of sp³-hybridized carbons (Fsp3) is 0.778. The number of rotatable bonds is 1. The average molecular weight is 180 g/mol. The van der Waals surface area contributed by atoms with E-state index in [2.05, 4.69) is 24.2 Å². The first-order chi connectivity index (χ1) is 6.20. The SMILES string of the molecule is CC(C)n1nnc2c1CCCC2N. The summed E-state index contributed by atoms with van der Waals surface area (Å²) in [5.41, 5.74) is 8.20. The van der Waals surface area contributed by atoms with Crippen LogP contribution in [-0.2, 0) is 6.42 Å². The van der Waals surface area contributed by atoms with Crippen molar-refractivity contribution < 1.29 is 0 Å². The van der Waals surface area contributed by atoms with Gasteiger partial charge in [0.05, 0.1) is 11.7 Å². The van der Waals surface area contributed by atoms with Gasteiger partial charge in [0.2, 0.25) is 0 Å². The van der Waals surface area contributed by atoms with Crippen LogP contribution in [0.1, 0.15) is 50.2 Å². The standard InChI is InChI=1S/C9H16N4/c1-6(2)13-8-5-3-4-7(10)9(8)11-12-13/h6-7H,3-5,10H2,1-2H3. The molecule has 0 fully saturated rings. The van der Waals surface area contributed by atoms with Gasteiger partial charge < -0.3 is 5.73 Å². The zero-order valence-corrected chi connectivity index (χ0v) is 8.20. The predicted molar refractivity (Wildman–Crippen MR) is 50.3 cm³/mol. The Bertz CT molecular complexity index is 289. The molecule has 0 aromatic carbocycles. The van der Waals surface area contributed by atoms with Crippen LogP contribution in [0.25, 0.3) is 0 Å². The molecule has 1 aliphatic carbocycles. The average Bonchev–Trinajstić information content (AvgIpc) is 2.48. The third kappa shape index (κ3) is 1.35. The molecule has 1 aromatic heterocycles. The summed E-state index contributed by atoms with van der Waals surface area (Å²) in [4.78, 5) is 0. The molecule has 0 saturated heterocycles. The first-order valence-corrected chi connectivity index (χ1v) is 4.89. The highest BCUT2D eigenvalue weighted by molar-refractivity contribution is 5.17. The lowest BCUT2D eigenvalue weighted by atomic mass is 9.96. The molecule has 0 radical (unpaired) electrons. The van der Waals surface area contributed by atoms with Crippen molar-refractivity contribution in [2.24, 2.45) is 5.73 Å². The molecule has 1 heterocycles. The summed E-state index contributed by atoms with van der Waals surface area (Å²) < 4.78 is 1.99. The van der Waals surface area contributed by atoms with Crippen molar-refractivity contribution in [3.8, 4) is 0 Å². The van der Waals surface area contributed by atoms with Gasteiger partial charge >= 0.3 is 0 Å². The smallest absolute Gasteiger partial charge is 0.103 e. The Hall–Kier alpha value is -0.900. The zero-order valence-electron chi connectivity index (χ0n) is 8.20. The summed E-state index contributed by atoms with van der Waals surface area (Å²) in [6.07, 6.45) is 3.28. The van der Waals surface area contributed by atoms with Crippen LogP contribution >= 0.6 is 0 Å². The molecule has 4 nitrogen and oxygen atoms in total. The molecule has 0 saturated carbocycles. The predicted octanol–water partition coefficient (Wildman–Crippen LogP) is 1.20. The Morgan fingerprint density at radius 2 is 2.31 bits per heavy atom. The maximum absolute atomic E-state index is 5.94. The van der Waals surface area contributed by atoms with E-state index in [1.165, 1.54) is 5.69 Å². The largest absolute Gasteiger partial charge is 0.323 e. The highest BCUT2D eigenvalue weighted by atomic mass is 15.4. The molecule has 0 spiro atoms. The molecule has 13 heavy (non-hydrogen) atoms. The highest BCUT2D eigenvalue weighted by Crippen LogP contribution is 2.26. The van der Waals surface area contributed by atoms with Gasteiger partial charge in [-0.25, -0.2) is 4.68 Å². The molecule has 1 aliphatic rings. The summed E-state index contributed by atoms with van der Waals surface area (Å²) in [5, 5.41) is 8.28. The molecule has 1 aromatic rings. The molecule has 4 heteroatoms. The fourth-order valence-corrected chi connectivity index (χ4v) is 1.90. The normalized spacial score (nSPS) is 22.0. The Balaban J connectivity index is 2.41. The zero-order chi connectivity index (χ0) is 9.42. The van der Waals surface area contributed by atoms with E-state index in [4.69, 9.17) is 5.73 Å². The van der Waals surface area contributed by atoms with Crippen LogP contribution in [0.2, 0.25) is 0 Å². The number of hydrogen-bond donors (Lipinski definition) is 1. The number of nitrogens with zero attached hydrogens (tertiary/aromatic N) is 3. The van der Waals surface area contributed by atoms with Crippen molar-refractivity contribution in [1.82, 2.24) is 15.0 Å². The van der Waals surface area contributed by atoms with Gasteiger partial charge in [0.15, 0.2) is 0 Å². The van der Waals surface area contributed by atoms with Crippen LogP contribution in [0, 0.1) is 0 Å². The number of fused-ring (bicyclic) bond motifs is 1. The van der Waals surface area contributed by atoms with E-state index in [1.54, 1.807) is 0 Å². The summed E-state index contributed by atoms with van der Waals surface area (Å²) in [6, 6.07) is 0.498. The van der Waals surface area contributed by atoms with E-state index in [-0.39, 0.29) is 6.04 Å². The van der Waals surface area contributed by atoms with E-state index < -0.39 is 0 Å². The van der Waals surface area contributed by atoms with Gasteiger partial charge in [-0.3, -0.25) is 0 Å². The molecule has 0 amide bonds. The monoisotopic (exact) mass is 180 g/mol. The Morgan fingerprint density at radius 1 is 1.54 bits per heavy atom. The van der Waals surface area contributed by atoms with Gasteiger partial charge in [0, 0.05) is 6.04 Å². The van der Waals surface area contributed by atoms with Crippen molar-refractivity contribution in [3.63, 3.8) is 0 Å². The van der Waals surface area contributed by atoms with Crippen LogP contribution < -0.4 is 5.73 Å². The first kappa shape index (κ1) is 8.69. The van der Waals surface area contributed by atoms with Crippen LogP contribution in [0.5, 0.6) is 0 Å². The lowest BCUT2D eigenvalue weighted by Crippen LogP contribution is -2.19. The van der Waals surface area contributed by atoms with Gasteiger partial charge in [-0.05, 0) is 33.1 Å². The summed E-state index contributed by atoms with van der Waals surface area (Å²) in [7, 11) is 0. The topological polar surface area (TPSA) is 56.7 Å². The van der Waals surface area contributed by atoms with E-state index >= 15 is 0 Å². The maximum Gasteiger partial charge on any atom is 0.103 e. The molecule has 0 aliphatic heterocycles. The highest BCUT2D eigenvalue weighted by Gasteiger charge is 2.23. The minimum Gasteiger partial charge on any atom is -0.323 e. The minimum absolute atomic E-state index is 0.108. The van der Waals surface area contributed by atoms with Crippen LogP contribution in [0.15, 0.2) is 0 Å². The molecule has 1 atom stereocenters.